The van der Waals surface area contributed by atoms with Crippen LogP contribution >= 0.6 is 0 Å². The summed E-state index contributed by atoms with van der Waals surface area (Å²) in [6.07, 6.45) is 0. The van der Waals surface area contributed by atoms with Gasteiger partial charge >= 0.3 is 0 Å². The zero-order valence-electron chi connectivity index (χ0n) is 13.3. The molecule has 3 heteroatoms. The summed E-state index contributed by atoms with van der Waals surface area (Å²) in [4.78, 5) is 0. The quantitative estimate of drug-likeness (QED) is 0.783. The molecule has 0 aliphatic rings. The smallest absolute Gasteiger partial charge is 0.119 e. The van der Waals surface area contributed by atoms with E-state index in [4.69, 9.17) is 4.74 Å². The molecule has 0 saturated carbocycles. The van der Waals surface area contributed by atoms with E-state index >= 15 is 0 Å². The van der Waals surface area contributed by atoms with Crippen molar-refractivity contribution < 1.29 is 9.84 Å². The van der Waals surface area contributed by atoms with Crippen LogP contribution in [0.15, 0.2) is 54.6 Å². The van der Waals surface area contributed by atoms with E-state index in [1.54, 1.807) is 0 Å². The van der Waals surface area contributed by atoms with Crippen molar-refractivity contribution in [1.82, 2.24) is 5.32 Å². The lowest BCUT2D eigenvalue weighted by Crippen LogP contribution is -2.23. The van der Waals surface area contributed by atoms with Gasteiger partial charge in [-0.05, 0) is 29.2 Å². The Kier molecular flexibility index (Phi) is 6.44. The lowest BCUT2D eigenvalue weighted by molar-refractivity contribution is 0.243. The van der Waals surface area contributed by atoms with Gasteiger partial charge < -0.3 is 15.2 Å². The molecule has 22 heavy (non-hydrogen) atoms. The van der Waals surface area contributed by atoms with E-state index < -0.39 is 0 Å². The molecule has 0 radical (unpaired) electrons. The highest BCUT2D eigenvalue weighted by Crippen LogP contribution is 2.16. The average Bonchev–Trinajstić information content (AvgIpc) is 2.55. The number of benzene rings is 2. The van der Waals surface area contributed by atoms with E-state index in [-0.39, 0.29) is 12.6 Å². The number of hydrogen-bond donors (Lipinski definition) is 2. The summed E-state index contributed by atoms with van der Waals surface area (Å²) in [6, 6.07) is 18.0. The molecule has 2 rings (SSSR count). The molecular weight excluding hydrogens is 274 g/mol. The number of hydrogen-bond acceptors (Lipinski definition) is 3. The van der Waals surface area contributed by atoms with Gasteiger partial charge in [-0.2, -0.15) is 0 Å². The van der Waals surface area contributed by atoms with Crippen LogP contribution in [0.25, 0.3) is 0 Å². The fraction of sp³-hybridized carbons (Fsp3) is 0.368. The number of nitrogens with one attached hydrogen (secondary N) is 1. The van der Waals surface area contributed by atoms with Gasteiger partial charge in [0.25, 0.3) is 0 Å². The zero-order valence-corrected chi connectivity index (χ0v) is 13.3. The van der Waals surface area contributed by atoms with Gasteiger partial charge in [-0.1, -0.05) is 56.3 Å². The standard InChI is InChI=1S/C19H25NO2/c1-15(2)14-22-18-10-6-7-16(11-18)12-20-19(13-21)17-8-4-3-5-9-17/h3-11,15,19-21H,12-14H2,1-2H3. The van der Waals surface area contributed by atoms with Crippen LogP contribution in [0.4, 0.5) is 0 Å². The van der Waals surface area contributed by atoms with E-state index in [1.807, 2.05) is 42.5 Å². The molecule has 2 aromatic carbocycles. The minimum absolute atomic E-state index is 0.0542. The highest BCUT2D eigenvalue weighted by atomic mass is 16.5. The first-order valence-electron chi connectivity index (χ1n) is 7.80. The lowest BCUT2D eigenvalue weighted by atomic mass is 10.1. The molecule has 0 aromatic heterocycles. The van der Waals surface area contributed by atoms with Crippen LogP contribution in [-0.4, -0.2) is 18.3 Å². The summed E-state index contributed by atoms with van der Waals surface area (Å²) in [6.45, 7) is 5.76. The third-order valence-electron chi connectivity index (χ3n) is 3.42. The van der Waals surface area contributed by atoms with Gasteiger partial charge in [0.1, 0.15) is 5.75 Å². The summed E-state index contributed by atoms with van der Waals surface area (Å²) in [7, 11) is 0. The number of rotatable bonds is 8. The van der Waals surface area contributed by atoms with Crippen LogP contribution in [0, 0.1) is 5.92 Å². The molecule has 0 aliphatic heterocycles. The maximum Gasteiger partial charge on any atom is 0.119 e. The van der Waals surface area contributed by atoms with Crippen molar-refractivity contribution in [2.45, 2.75) is 26.4 Å². The third-order valence-corrected chi connectivity index (χ3v) is 3.42. The Bertz CT molecular complexity index is 554. The first-order chi connectivity index (χ1) is 10.7. The van der Waals surface area contributed by atoms with Gasteiger partial charge in [-0.3, -0.25) is 0 Å². The van der Waals surface area contributed by atoms with Gasteiger partial charge in [-0.25, -0.2) is 0 Å². The fourth-order valence-electron chi connectivity index (χ4n) is 2.22. The molecule has 0 spiro atoms. The molecule has 0 aliphatic carbocycles. The van der Waals surface area contributed by atoms with E-state index in [1.165, 1.54) is 0 Å². The molecule has 2 N–H and O–H groups in total. The predicted octanol–water partition coefficient (Wildman–Crippen LogP) is 3.54. The summed E-state index contributed by atoms with van der Waals surface area (Å²) in [5.41, 5.74) is 2.24. The SMILES string of the molecule is CC(C)COc1cccc(CNC(CO)c2ccccc2)c1. The van der Waals surface area contributed by atoms with Gasteiger partial charge in [0.15, 0.2) is 0 Å². The van der Waals surface area contributed by atoms with Crippen molar-refractivity contribution in [2.75, 3.05) is 13.2 Å². The maximum absolute atomic E-state index is 9.57. The summed E-state index contributed by atoms with van der Waals surface area (Å²) < 4.78 is 5.75. The highest BCUT2D eigenvalue weighted by molar-refractivity contribution is 5.29. The summed E-state index contributed by atoms with van der Waals surface area (Å²) in [5.74, 6) is 1.41. The maximum atomic E-state index is 9.57. The molecule has 0 fully saturated rings. The molecule has 1 unspecified atom stereocenters. The molecule has 2 aromatic rings. The molecule has 0 heterocycles. The first-order valence-corrected chi connectivity index (χ1v) is 7.80. The molecule has 3 nitrogen and oxygen atoms in total. The minimum atomic E-state index is -0.0542. The van der Waals surface area contributed by atoms with Crippen LogP contribution in [0.2, 0.25) is 0 Å². The number of ether oxygens (including phenoxy) is 1. The molecule has 0 bridgehead atoms. The Labute approximate surface area is 133 Å². The molecular formula is C19H25NO2. The molecule has 1 atom stereocenters. The zero-order chi connectivity index (χ0) is 15.8. The van der Waals surface area contributed by atoms with Crippen molar-refractivity contribution >= 4 is 0 Å². The second-order valence-corrected chi connectivity index (χ2v) is 5.88. The molecule has 0 saturated heterocycles. The normalized spacial score (nSPS) is 12.4. The monoisotopic (exact) mass is 299 g/mol. The van der Waals surface area contributed by atoms with Crippen molar-refractivity contribution in [2.24, 2.45) is 5.92 Å². The highest BCUT2D eigenvalue weighted by Gasteiger charge is 2.09. The Hall–Kier alpha value is -1.84. The van der Waals surface area contributed by atoms with E-state index in [9.17, 15) is 5.11 Å². The van der Waals surface area contributed by atoms with E-state index in [0.717, 1.165) is 23.5 Å². The van der Waals surface area contributed by atoms with Crippen LogP contribution in [-0.2, 0) is 6.54 Å². The summed E-state index contributed by atoms with van der Waals surface area (Å²) in [5, 5.41) is 13.0. The number of aliphatic hydroxyl groups is 1. The average molecular weight is 299 g/mol. The summed E-state index contributed by atoms with van der Waals surface area (Å²) >= 11 is 0. The predicted molar refractivity (Wildman–Crippen MR) is 89.9 cm³/mol. The van der Waals surface area contributed by atoms with Gasteiger partial charge in [0.2, 0.25) is 0 Å². The van der Waals surface area contributed by atoms with Crippen LogP contribution in [0.3, 0.4) is 0 Å². The number of aliphatic hydroxyl groups excluding tert-OH is 1. The second kappa shape index (κ2) is 8.57. The van der Waals surface area contributed by atoms with Gasteiger partial charge in [0.05, 0.1) is 19.3 Å². The second-order valence-electron chi connectivity index (χ2n) is 5.88. The van der Waals surface area contributed by atoms with Crippen LogP contribution in [0.5, 0.6) is 5.75 Å². The van der Waals surface area contributed by atoms with Crippen molar-refractivity contribution in [1.29, 1.82) is 0 Å². The van der Waals surface area contributed by atoms with E-state index in [0.29, 0.717) is 12.5 Å². The largest absolute Gasteiger partial charge is 0.493 e. The Morgan fingerprint density at radius 2 is 1.82 bits per heavy atom. The molecule has 0 amide bonds. The molecule has 118 valence electrons. The Morgan fingerprint density at radius 3 is 2.50 bits per heavy atom. The van der Waals surface area contributed by atoms with Crippen molar-refractivity contribution in [3.8, 4) is 5.75 Å². The topological polar surface area (TPSA) is 41.5 Å². The first kappa shape index (κ1) is 16.5. The van der Waals surface area contributed by atoms with Gasteiger partial charge in [-0.15, -0.1) is 0 Å². The van der Waals surface area contributed by atoms with E-state index in [2.05, 4.69) is 31.3 Å². The van der Waals surface area contributed by atoms with Crippen molar-refractivity contribution in [3.05, 3.63) is 65.7 Å². The third kappa shape index (κ3) is 5.17. The minimum Gasteiger partial charge on any atom is -0.493 e. The Balaban J connectivity index is 1.94. The van der Waals surface area contributed by atoms with Gasteiger partial charge in [0, 0.05) is 6.54 Å². The fourth-order valence-corrected chi connectivity index (χ4v) is 2.22. The van der Waals surface area contributed by atoms with Crippen molar-refractivity contribution in [3.63, 3.8) is 0 Å². The van der Waals surface area contributed by atoms with Crippen LogP contribution < -0.4 is 10.1 Å². The lowest BCUT2D eigenvalue weighted by Gasteiger charge is -2.17. The Morgan fingerprint density at radius 1 is 1.05 bits per heavy atom. The van der Waals surface area contributed by atoms with Crippen LogP contribution in [0.1, 0.15) is 31.0 Å².